The lowest BCUT2D eigenvalue weighted by Gasteiger charge is -2.43. The van der Waals surface area contributed by atoms with Gasteiger partial charge in [0, 0.05) is 68.5 Å². The number of piperidine rings is 1. The normalized spacial score (nSPS) is 18.8. The first-order valence-electron chi connectivity index (χ1n) is 18.4. The molecular weight excluding hydrogens is 674 g/mol. The third kappa shape index (κ3) is 9.26. The molecule has 1 saturated carbocycles. The first-order chi connectivity index (χ1) is 25.5. The van der Waals surface area contributed by atoms with E-state index in [0.717, 1.165) is 53.4 Å². The summed E-state index contributed by atoms with van der Waals surface area (Å²) in [4.78, 5) is 31.9. The highest BCUT2D eigenvalue weighted by Crippen LogP contribution is 2.40. The Labute approximate surface area is 312 Å². The number of amides is 2. The smallest absolute Gasteiger partial charge is 0.410 e. The summed E-state index contributed by atoms with van der Waals surface area (Å²) in [7, 11) is 4.92. The van der Waals surface area contributed by atoms with Crippen molar-refractivity contribution >= 4 is 22.9 Å². The van der Waals surface area contributed by atoms with Gasteiger partial charge >= 0.3 is 6.09 Å². The molecule has 4 aromatic rings. The molecule has 3 aromatic carbocycles. The zero-order chi connectivity index (χ0) is 37.7. The number of hydrogen-bond acceptors (Lipinski definition) is 8. The number of aliphatic hydroxyl groups excluding tert-OH is 1. The number of likely N-dealkylation sites (tertiary alicyclic amines) is 1. The second-order valence-electron chi connectivity index (χ2n) is 15.1. The van der Waals surface area contributed by atoms with Crippen LogP contribution in [0.4, 0.5) is 4.79 Å². The Morgan fingerprint density at radius 2 is 1.64 bits per heavy atom. The zero-order valence-electron chi connectivity index (χ0n) is 31.7. The minimum absolute atomic E-state index is 0.0381. The van der Waals surface area contributed by atoms with Crippen LogP contribution in [0.3, 0.4) is 0 Å². The molecule has 2 fully saturated rings. The number of ether oxygens (including phenoxy) is 5. The highest BCUT2D eigenvalue weighted by molar-refractivity contribution is 5.86. The first kappa shape index (κ1) is 38.0. The van der Waals surface area contributed by atoms with Gasteiger partial charge in [-0.2, -0.15) is 0 Å². The third-order valence-electron chi connectivity index (χ3n) is 9.93. The summed E-state index contributed by atoms with van der Waals surface area (Å²) >= 11 is 0. The molecule has 0 radical (unpaired) electrons. The Bertz CT molecular complexity index is 1860. The zero-order valence-corrected chi connectivity index (χ0v) is 31.7. The van der Waals surface area contributed by atoms with Crippen molar-refractivity contribution < 1.29 is 38.4 Å². The fraction of sp³-hybridized carbons (Fsp3) is 0.476. The van der Waals surface area contributed by atoms with Crippen LogP contribution in [0.5, 0.6) is 17.2 Å². The van der Waals surface area contributed by atoms with Gasteiger partial charge in [0.15, 0.2) is 0 Å². The van der Waals surface area contributed by atoms with Crippen LogP contribution in [0.15, 0.2) is 72.9 Å². The molecule has 2 amide bonds. The van der Waals surface area contributed by atoms with Crippen molar-refractivity contribution in [1.29, 1.82) is 0 Å². The number of methoxy groups -OCH3 is 3. The van der Waals surface area contributed by atoms with E-state index in [0.29, 0.717) is 30.4 Å². The third-order valence-corrected chi connectivity index (χ3v) is 9.93. The molecule has 1 aliphatic carbocycles. The lowest BCUT2D eigenvalue weighted by atomic mass is 9.77. The highest BCUT2D eigenvalue weighted by atomic mass is 16.6. The minimum Gasteiger partial charge on any atom is -0.497 e. The molecule has 1 unspecified atom stereocenters. The molecule has 1 aliphatic heterocycles. The molecular formula is C42H53N3O8. The number of nitrogens with zero attached hydrogens (tertiary/aromatic N) is 3. The molecule has 0 spiro atoms. The van der Waals surface area contributed by atoms with Crippen LogP contribution in [0.25, 0.3) is 10.9 Å². The Balaban J connectivity index is 1.30. The summed E-state index contributed by atoms with van der Waals surface area (Å²) in [5, 5.41) is 13.0. The number of carbonyl (C=O) groups is 2. The average Bonchev–Trinajstić information content (AvgIpc) is 3.93. The SMILES string of the molecule is COCCCn1cc(CN(C(=O)[C@H]2CN(C(=O)OC(C)(C)C)CC(O)[C@@H]2c2cccc(OCc3cc(OC)cc(OC)c3)c2)C2CC2)c2ccccc21. The molecule has 6 rings (SSSR count). The topological polar surface area (TPSA) is 112 Å². The highest BCUT2D eigenvalue weighted by Gasteiger charge is 2.47. The van der Waals surface area contributed by atoms with Crippen molar-refractivity contribution in [2.75, 3.05) is 41.0 Å². The Hall–Kier alpha value is -4.74. The number of benzene rings is 3. The number of hydrogen-bond donors (Lipinski definition) is 1. The van der Waals surface area contributed by atoms with Gasteiger partial charge in [-0.25, -0.2) is 4.79 Å². The second kappa shape index (κ2) is 16.5. The van der Waals surface area contributed by atoms with Crippen molar-refractivity contribution in [2.24, 2.45) is 5.92 Å². The summed E-state index contributed by atoms with van der Waals surface area (Å²) in [6.07, 6.45) is 3.28. The lowest BCUT2D eigenvalue weighted by Crippen LogP contribution is -2.56. The maximum atomic E-state index is 15.0. The second-order valence-corrected chi connectivity index (χ2v) is 15.1. The predicted molar refractivity (Wildman–Crippen MR) is 202 cm³/mol. The Kier molecular flexibility index (Phi) is 11.8. The summed E-state index contributed by atoms with van der Waals surface area (Å²) in [6.45, 7) is 7.74. The molecule has 11 heteroatoms. The Morgan fingerprint density at radius 1 is 0.906 bits per heavy atom. The first-order valence-corrected chi connectivity index (χ1v) is 18.4. The van der Waals surface area contributed by atoms with Crippen LogP contribution in [-0.2, 0) is 34.0 Å². The maximum absolute atomic E-state index is 15.0. The van der Waals surface area contributed by atoms with Gasteiger partial charge in [0.2, 0.25) is 5.91 Å². The Morgan fingerprint density at radius 3 is 2.32 bits per heavy atom. The van der Waals surface area contributed by atoms with Crippen LogP contribution in [-0.4, -0.2) is 90.2 Å². The molecule has 1 saturated heterocycles. The summed E-state index contributed by atoms with van der Waals surface area (Å²) in [5.41, 5.74) is 3.10. The molecule has 11 nitrogen and oxygen atoms in total. The van der Waals surface area contributed by atoms with E-state index in [9.17, 15) is 14.7 Å². The van der Waals surface area contributed by atoms with Crippen LogP contribution >= 0.6 is 0 Å². The van der Waals surface area contributed by atoms with Crippen LogP contribution in [0, 0.1) is 5.92 Å². The predicted octanol–water partition coefficient (Wildman–Crippen LogP) is 6.78. The van der Waals surface area contributed by atoms with Crippen LogP contribution in [0.1, 0.15) is 62.6 Å². The number of β-amino-alcohol motifs (C(OH)–C–C–N with tert-alkyl or cyclic N) is 1. The molecule has 0 bridgehead atoms. The quantitative estimate of drug-likeness (QED) is 0.142. The van der Waals surface area contributed by atoms with Crippen molar-refractivity contribution in [2.45, 2.75) is 83.4 Å². The fourth-order valence-electron chi connectivity index (χ4n) is 7.31. The number of para-hydroxylation sites is 1. The molecule has 1 aromatic heterocycles. The van der Waals surface area contributed by atoms with Gasteiger partial charge in [0.25, 0.3) is 0 Å². The molecule has 284 valence electrons. The monoisotopic (exact) mass is 727 g/mol. The van der Waals surface area contributed by atoms with E-state index in [4.69, 9.17) is 23.7 Å². The van der Waals surface area contributed by atoms with Crippen molar-refractivity contribution in [3.05, 3.63) is 89.6 Å². The summed E-state index contributed by atoms with van der Waals surface area (Å²) in [5.74, 6) is 0.522. The number of aryl methyl sites for hydroxylation is 1. The number of aliphatic hydroxyl groups is 1. The molecule has 2 heterocycles. The molecule has 2 aliphatic rings. The molecule has 3 atom stereocenters. The van der Waals surface area contributed by atoms with Gasteiger partial charge in [0.1, 0.15) is 29.5 Å². The molecule has 1 N–H and O–H groups in total. The summed E-state index contributed by atoms with van der Waals surface area (Å²) < 4.78 is 30.4. The standard InChI is InChI=1S/C42H53N3O8/c1-42(2,3)53-41(48)44-25-36(40(47)45(31-15-16-31)24-30-23-43(17-10-18-49-4)37-14-8-7-13-35(30)37)39(38(46)26-44)29-11-9-12-32(21-29)52-27-28-19-33(50-5)22-34(20-28)51-6/h7-9,11-14,19-23,31,36,38-39,46H,10,15-18,24-27H2,1-6H3/t36-,38?,39+/m0/s1. The van der Waals surface area contributed by atoms with E-state index in [-0.39, 0.29) is 31.6 Å². The fourth-order valence-corrected chi connectivity index (χ4v) is 7.31. The minimum atomic E-state index is -1.02. The van der Waals surface area contributed by atoms with Gasteiger partial charge in [-0.15, -0.1) is 0 Å². The van der Waals surface area contributed by atoms with Crippen molar-refractivity contribution in [1.82, 2.24) is 14.4 Å². The van der Waals surface area contributed by atoms with Gasteiger partial charge in [-0.05, 0) is 87.1 Å². The van der Waals surface area contributed by atoms with E-state index < -0.39 is 29.6 Å². The van der Waals surface area contributed by atoms with E-state index in [2.05, 4.69) is 22.9 Å². The van der Waals surface area contributed by atoms with Gasteiger partial charge < -0.3 is 43.2 Å². The average molecular weight is 728 g/mol. The van der Waals surface area contributed by atoms with Gasteiger partial charge in [0.05, 0.1) is 32.8 Å². The number of fused-ring (bicyclic) bond motifs is 1. The van der Waals surface area contributed by atoms with E-state index in [1.54, 1.807) is 27.4 Å². The molecule has 53 heavy (non-hydrogen) atoms. The van der Waals surface area contributed by atoms with Crippen LogP contribution in [0.2, 0.25) is 0 Å². The van der Waals surface area contributed by atoms with E-state index in [1.807, 2.05) is 74.2 Å². The van der Waals surface area contributed by atoms with Gasteiger partial charge in [-0.3, -0.25) is 4.79 Å². The maximum Gasteiger partial charge on any atom is 0.410 e. The number of rotatable bonds is 14. The van der Waals surface area contributed by atoms with E-state index in [1.165, 1.54) is 4.90 Å². The van der Waals surface area contributed by atoms with E-state index >= 15 is 0 Å². The lowest BCUT2D eigenvalue weighted by molar-refractivity contribution is -0.141. The van der Waals surface area contributed by atoms with Crippen LogP contribution < -0.4 is 14.2 Å². The van der Waals surface area contributed by atoms with Crippen molar-refractivity contribution in [3.8, 4) is 17.2 Å². The number of carbonyl (C=O) groups excluding carboxylic acids is 2. The number of aromatic nitrogens is 1. The summed E-state index contributed by atoms with van der Waals surface area (Å²) in [6, 6.07) is 21.5. The van der Waals surface area contributed by atoms with Crippen molar-refractivity contribution in [3.63, 3.8) is 0 Å². The largest absolute Gasteiger partial charge is 0.497 e. The van der Waals surface area contributed by atoms with Gasteiger partial charge in [-0.1, -0.05) is 30.3 Å².